The van der Waals surface area contributed by atoms with Crippen LogP contribution in [0.2, 0.25) is 0 Å². The Morgan fingerprint density at radius 2 is 1.74 bits per heavy atom. The predicted molar refractivity (Wildman–Crippen MR) is 115 cm³/mol. The maximum atomic E-state index is 13.0. The summed E-state index contributed by atoms with van der Waals surface area (Å²) in [5, 5.41) is 2.88. The molecule has 9 heteroatoms. The van der Waals surface area contributed by atoms with Gasteiger partial charge in [-0.2, -0.15) is 0 Å². The number of benzene rings is 1. The SMILES string of the molecule is COc1ccc(CN2CCNC(=O)[C@H]2CC(=O)N2CCCN(C(C)=O)CC2)cc1OC. The third kappa shape index (κ3) is 5.66. The van der Waals surface area contributed by atoms with E-state index in [9.17, 15) is 14.4 Å². The number of methoxy groups -OCH3 is 2. The van der Waals surface area contributed by atoms with Crippen molar-refractivity contribution in [3.63, 3.8) is 0 Å². The second-order valence-corrected chi connectivity index (χ2v) is 7.91. The molecule has 31 heavy (non-hydrogen) atoms. The maximum Gasteiger partial charge on any atom is 0.237 e. The number of amides is 3. The van der Waals surface area contributed by atoms with E-state index in [-0.39, 0.29) is 24.1 Å². The molecule has 1 aromatic carbocycles. The van der Waals surface area contributed by atoms with Crippen molar-refractivity contribution in [2.24, 2.45) is 0 Å². The van der Waals surface area contributed by atoms with Crippen LogP contribution in [0, 0.1) is 0 Å². The number of hydrogen-bond acceptors (Lipinski definition) is 6. The minimum atomic E-state index is -0.526. The summed E-state index contributed by atoms with van der Waals surface area (Å²) in [4.78, 5) is 42.8. The van der Waals surface area contributed by atoms with E-state index in [1.54, 1.807) is 30.9 Å². The molecule has 1 aromatic rings. The second kappa shape index (κ2) is 10.5. The molecule has 0 aromatic heterocycles. The monoisotopic (exact) mass is 432 g/mol. The number of nitrogens with one attached hydrogen (secondary N) is 1. The molecule has 1 N–H and O–H groups in total. The molecule has 3 amide bonds. The average molecular weight is 433 g/mol. The first-order chi connectivity index (χ1) is 14.9. The summed E-state index contributed by atoms with van der Waals surface area (Å²) in [5.41, 5.74) is 0.983. The molecule has 0 unspecified atom stereocenters. The minimum Gasteiger partial charge on any atom is -0.493 e. The van der Waals surface area contributed by atoms with Crippen molar-refractivity contribution in [3.05, 3.63) is 23.8 Å². The van der Waals surface area contributed by atoms with Crippen molar-refractivity contribution in [1.29, 1.82) is 0 Å². The molecule has 0 saturated carbocycles. The van der Waals surface area contributed by atoms with Crippen LogP contribution in [0.4, 0.5) is 0 Å². The summed E-state index contributed by atoms with van der Waals surface area (Å²) >= 11 is 0. The van der Waals surface area contributed by atoms with Crippen LogP contribution in [0.1, 0.15) is 25.3 Å². The third-order valence-electron chi connectivity index (χ3n) is 5.94. The van der Waals surface area contributed by atoms with Gasteiger partial charge in [0.1, 0.15) is 0 Å². The van der Waals surface area contributed by atoms with Gasteiger partial charge in [-0.1, -0.05) is 6.07 Å². The number of carbonyl (C=O) groups excluding carboxylic acids is 3. The topological polar surface area (TPSA) is 91.4 Å². The van der Waals surface area contributed by atoms with E-state index in [1.807, 2.05) is 23.1 Å². The summed E-state index contributed by atoms with van der Waals surface area (Å²) in [6, 6.07) is 5.16. The van der Waals surface area contributed by atoms with Gasteiger partial charge in [-0.15, -0.1) is 0 Å². The molecule has 2 aliphatic rings. The Balaban J connectivity index is 1.67. The van der Waals surface area contributed by atoms with E-state index in [1.165, 1.54) is 0 Å². The van der Waals surface area contributed by atoms with Crippen LogP contribution in [-0.4, -0.2) is 92.0 Å². The first-order valence-corrected chi connectivity index (χ1v) is 10.7. The van der Waals surface area contributed by atoms with Crippen LogP contribution >= 0.6 is 0 Å². The molecule has 2 saturated heterocycles. The molecule has 0 spiro atoms. The third-order valence-corrected chi connectivity index (χ3v) is 5.94. The highest BCUT2D eigenvalue weighted by molar-refractivity contribution is 5.89. The highest BCUT2D eigenvalue weighted by Crippen LogP contribution is 2.28. The molecule has 3 rings (SSSR count). The van der Waals surface area contributed by atoms with Gasteiger partial charge in [0, 0.05) is 52.7 Å². The normalized spacial score (nSPS) is 20.1. The van der Waals surface area contributed by atoms with Crippen molar-refractivity contribution < 1.29 is 23.9 Å². The number of nitrogens with zero attached hydrogens (tertiary/aromatic N) is 3. The van der Waals surface area contributed by atoms with Gasteiger partial charge in [0.15, 0.2) is 11.5 Å². The fourth-order valence-electron chi connectivity index (χ4n) is 4.16. The quantitative estimate of drug-likeness (QED) is 0.703. The summed E-state index contributed by atoms with van der Waals surface area (Å²) in [6.07, 6.45) is 0.872. The largest absolute Gasteiger partial charge is 0.493 e. The number of ether oxygens (including phenoxy) is 2. The lowest BCUT2D eigenvalue weighted by atomic mass is 10.1. The molecule has 0 bridgehead atoms. The zero-order valence-corrected chi connectivity index (χ0v) is 18.6. The van der Waals surface area contributed by atoms with E-state index in [4.69, 9.17) is 9.47 Å². The van der Waals surface area contributed by atoms with Crippen molar-refractivity contribution >= 4 is 17.7 Å². The number of rotatable bonds is 6. The van der Waals surface area contributed by atoms with E-state index in [0.717, 1.165) is 12.0 Å². The minimum absolute atomic E-state index is 0.0297. The fraction of sp³-hybridized carbons (Fsp3) is 0.591. The Kier molecular flexibility index (Phi) is 7.73. The smallest absolute Gasteiger partial charge is 0.237 e. The molecule has 170 valence electrons. The zero-order chi connectivity index (χ0) is 22.4. The molecule has 0 radical (unpaired) electrons. The highest BCUT2D eigenvalue weighted by Gasteiger charge is 2.33. The Hall–Kier alpha value is -2.81. The second-order valence-electron chi connectivity index (χ2n) is 7.91. The lowest BCUT2D eigenvalue weighted by Gasteiger charge is -2.35. The van der Waals surface area contributed by atoms with Crippen LogP contribution < -0.4 is 14.8 Å². The Morgan fingerprint density at radius 1 is 1.03 bits per heavy atom. The number of hydrogen-bond donors (Lipinski definition) is 1. The van der Waals surface area contributed by atoms with Gasteiger partial charge in [-0.3, -0.25) is 19.3 Å². The van der Waals surface area contributed by atoms with Crippen LogP contribution in [0.15, 0.2) is 18.2 Å². The van der Waals surface area contributed by atoms with Gasteiger partial charge in [-0.25, -0.2) is 0 Å². The molecule has 2 heterocycles. The molecule has 2 fully saturated rings. The maximum absolute atomic E-state index is 13.0. The van der Waals surface area contributed by atoms with Crippen molar-refractivity contribution in [1.82, 2.24) is 20.0 Å². The Bertz CT molecular complexity index is 815. The molecule has 0 aliphatic carbocycles. The lowest BCUT2D eigenvalue weighted by molar-refractivity contribution is -0.139. The summed E-state index contributed by atoms with van der Waals surface area (Å²) in [7, 11) is 3.18. The van der Waals surface area contributed by atoms with Gasteiger partial charge in [0.05, 0.1) is 26.7 Å². The van der Waals surface area contributed by atoms with Gasteiger partial charge < -0.3 is 24.6 Å². The highest BCUT2D eigenvalue weighted by atomic mass is 16.5. The first-order valence-electron chi connectivity index (χ1n) is 10.7. The summed E-state index contributed by atoms with van der Waals surface area (Å²) in [6.45, 7) is 5.60. The standard InChI is InChI=1S/C22H32N4O5/c1-16(27)24-8-4-9-25(12-11-24)21(28)14-18-22(29)23-7-10-26(18)15-17-5-6-19(30-2)20(13-17)31-3/h5-6,13,18H,4,7-12,14-15H2,1-3H3,(H,23,29)/t18-/m1/s1. The Labute approximate surface area is 183 Å². The van der Waals surface area contributed by atoms with E-state index in [0.29, 0.717) is 57.3 Å². The molecule has 1 atom stereocenters. The first kappa shape index (κ1) is 22.9. The molecule has 2 aliphatic heterocycles. The number of carbonyl (C=O) groups is 3. The molecule has 9 nitrogen and oxygen atoms in total. The predicted octanol–water partition coefficient (Wildman–Crippen LogP) is 0.475. The van der Waals surface area contributed by atoms with E-state index in [2.05, 4.69) is 5.32 Å². The van der Waals surface area contributed by atoms with Crippen LogP contribution in [-0.2, 0) is 20.9 Å². The van der Waals surface area contributed by atoms with Gasteiger partial charge >= 0.3 is 0 Å². The van der Waals surface area contributed by atoms with E-state index < -0.39 is 6.04 Å². The van der Waals surface area contributed by atoms with E-state index >= 15 is 0 Å². The molecular weight excluding hydrogens is 400 g/mol. The van der Waals surface area contributed by atoms with Crippen LogP contribution in [0.5, 0.6) is 11.5 Å². The Morgan fingerprint density at radius 3 is 2.45 bits per heavy atom. The average Bonchev–Trinajstić information content (AvgIpc) is 3.02. The van der Waals surface area contributed by atoms with Gasteiger partial charge in [-0.05, 0) is 24.1 Å². The fourth-order valence-corrected chi connectivity index (χ4v) is 4.16. The van der Waals surface area contributed by atoms with Crippen LogP contribution in [0.3, 0.4) is 0 Å². The molecular formula is C22H32N4O5. The van der Waals surface area contributed by atoms with Crippen LogP contribution in [0.25, 0.3) is 0 Å². The lowest BCUT2D eigenvalue weighted by Crippen LogP contribution is -2.56. The van der Waals surface area contributed by atoms with Gasteiger partial charge in [0.2, 0.25) is 17.7 Å². The zero-order valence-electron chi connectivity index (χ0n) is 18.6. The van der Waals surface area contributed by atoms with Gasteiger partial charge in [0.25, 0.3) is 0 Å². The van der Waals surface area contributed by atoms with Crippen molar-refractivity contribution in [2.45, 2.75) is 32.4 Å². The number of piperazine rings is 1. The summed E-state index contributed by atoms with van der Waals surface area (Å²) in [5.74, 6) is 1.14. The van der Waals surface area contributed by atoms with Crippen molar-refractivity contribution in [3.8, 4) is 11.5 Å². The summed E-state index contributed by atoms with van der Waals surface area (Å²) < 4.78 is 10.7. The van der Waals surface area contributed by atoms with Crippen molar-refractivity contribution in [2.75, 3.05) is 53.5 Å².